The van der Waals surface area contributed by atoms with Gasteiger partial charge in [0.05, 0.1) is 18.3 Å². The standard InChI is InChI=1S/C16H27N3O2/c1-5-21-16(20)15-14(10-11(2)3)19(18-17-15)13-8-6-12(4)7-9-13/h11-13H,5-10H2,1-4H3. The molecule has 0 aliphatic heterocycles. The van der Waals surface area contributed by atoms with E-state index >= 15 is 0 Å². The highest BCUT2D eigenvalue weighted by Gasteiger charge is 2.27. The summed E-state index contributed by atoms with van der Waals surface area (Å²) in [6, 6.07) is 0.380. The van der Waals surface area contributed by atoms with Gasteiger partial charge in [-0.1, -0.05) is 26.0 Å². The average Bonchev–Trinajstić information content (AvgIpc) is 2.83. The Labute approximate surface area is 127 Å². The zero-order valence-corrected chi connectivity index (χ0v) is 13.6. The second-order valence-electron chi connectivity index (χ2n) is 6.56. The van der Waals surface area contributed by atoms with Crippen molar-refractivity contribution in [1.82, 2.24) is 15.0 Å². The molecule has 5 nitrogen and oxygen atoms in total. The smallest absolute Gasteiger partial charge is 0.360 e. The maximum atomic E-state index is 12.1. The van der Waals surface area contributed by atoms with Gasteiger partial charge in [0.2, 0.25) is 0 Å². The predicted molar refractivity (Wildman–Crippen MR) is 81.2 cm³/mol. The summed E-state index contributed by atoms with van der Waals surface area (Å²) in [5.74, 6) is 0.907. The Morgan fingerprint density at radius 3 is 2.57 bits per heavy atom. The van der Waals surface area contributed by atoms with E-state index in [1.54, 1.807) is 0 Å². The Balaban J connectivity index is 2.25. The molecule has 1 aromatic heterocycles. The SMILES string of the molecule is CCOC(=O)c1nnn(C2CCC(C)CC2)c1CC(C)C. The summed E-state index contributed by atoms with van der Waals surface area (Å²) in [7, 11) is 0. The topological polar surface area (TPSA) is 57.0 Å². The fraction of sp³-hybridized carbons (Fsp3) is 0.812. The van der Waals surface area contributed by atoms with Crippen LogP contribution in [0.3, 0.4) is 0 Å². The molecule has 0 atom stereocenters. The minimum Gasteiger partial charge on any atom is -0.461 e. The molecule has 0 amide bonds. The van der Waals surface area contributed by atoms with E-state index in [2.05, 4.69) is 31.1 Å². The largest absolute Gasteiger partial charge is 0.461 e. The summed E-state index contributed by atoms with van der Waals surface area (Å²) in [6.45, 7) is 8.78. The molecule has 1 saturated carbocycles. The first kappa shape index (κ1) is 16.0. The van der Waals surface area contributed by atoms with Crippen LogP contribution in [0, 0.1) is 11.8 Å². The number of rotatable bonds is 5. The van der Waals surface area contributed by atoms with Gasteiger partial charge >= 0.3 is 5.97 Å². The van der Waals surface area contributed by atoms with E-state index in [0.717, 1.165) is 30.9 Å². The molecule has 118 valence electrons. The van der Waals surface area contributed by atoms with Gasteiger partial charge in [-0.2, -0.15) is 0 Å². The van der Waals surface area contributed by atoms with Gasteiger partial charge < -0.3 is 4.74 Å². The molecule has 0 radical (unpaired) electrons. The molecule has 0 saturated heterocycles. The Morgan fingerprint density at radius 1 is 1.33 bits per heavy atom. The second kappa shape index (κ2) is 7.05. The van der Waals surface area contributed by atoms with Crippen molar-refractivity contribution in [3.8, 4) is 0 Å². The molecule has 1 heterocycles. The lowest BCUT2D eigenvalue weighted by atomic mass is 9.87. The number of carbonyl (C=O) groups is 1. The molecule has 0 aromatic carbocycles. The highest BCUT2D eigenvalue weighted by atomic mass is 16.5. The molecule has 2 rings (SSSR count). The lowest BCUT2D eigenvalue weighted by Crippen LogP contribution is -2.21. The van der Waals surface area contributed by atoms with Crippen LogP contribution < -0.4 is 0 Å². The molecule has 0 spiro atoms. The van der Waals surface area contributed by atoms with Crippen molar-refractivity contribution < 1.29 is 9.53 Å². The van der Waals surface area contributed by atoms with Gasteiger partial charge in [-0.25, -0.2) is 9.48 Å². The number of aromatic nitrogens is 3. The minimum absolute atomic E-state index is 0.344. The van der Waals surface area contributed by atoms with E-state index in [1.807, 2.05) is 11.6 Å². The number of carbonyl (C=O) groups excluding carboxylic acids is 1. The molecule has 5 heteroatoms. The van der Waals surface area contributed by atoms with Crippen LogP contribution in [0.2, 0.25) is 0 Å². The van der Waals surface area contributed by atoms with Crippen LogP contribution in [0.4, 0.5) is 0 Å². The van der Waals surface area contributed by atoms with Gasteiger partial charge in [0.15, 0.2) is 5.69 Å². The van der Waals surface area contributed by atoms with Crippen LogP contribution in [0.1, 0.15) is 75.6 Å². The fourth-order valence-electron chi connectivity index (χ4n) is 3.03. The van der Waals surface area contributed by atoms with Gasteiger partial charge in [-0.05, 0) is 50.9 Å². The number of nitrogens with zero attached hydrogens (tertiary/aromatic N) is 3. The van der Waals surface area contributed by atoms with Gasteiger partial charge in [-0.3, -0.25) is 0 Å². The lowest BCUT2D eigenvalue weighted by Gasteiger charge is -2.27. The molecule has 0 bridgehead atoms. The van der Waals surface area contributed by atoms with Gasteiger partial charge in [-0.15, -0.1) is 5.10 Å². The fourth-order valence-corrected chi connectivity index (χ4v) is 3.03. The normalized spacial score (nSPS) is 22.5. The maximum Gasteiger partial charge on any atom is 0.360 e. The first-order valence-corrected chi connectivity index (χ1v) is 8.14. The van der Waals surface area contributed by atoms with Gasteiger partial charge in [0, 0.05) is 0 Å². The summed E-state index contributed by atoms with van der Waals surface area (Å²) >= 11 is 0. The predicted octanol–water partition coefficient (Wildman–Crippen LogP) is 3.40. The minimum atomic E-state index is -0.344. The highest BCUT2D eigenvalue weighted by molar-refractivity contribution is 5.88. The summed E-state index contributed by atoms with van der Waals surface area (Å²) < 4.78 is 7.11. The number of hydrogen-bond donors (Lipinski definition) is 0. The lowest BCUT2D eigenvalue weighted by molar-refractivity contribution is 0.0517. The number of ether oxygens (including phenoxy) is 1. The molecule has 1 aromatic rings. The Kier molecular flexibility index (Phi) is 5.37. The van der Waals surface area contributed by atoms with Crippen LogP contribution >= 0.6 is 0 Å². The Bertz CT molecular complexity index is 474. The molecule has 1 aliphatic rings. The highest BCUT2D eigenvalue weighted by Crippen LogP contribution is 2.33. The van der Waals surface area contributed by atoms with Crippen molar-refractivity contribution in [2.24, 2.45) is 11.8 Å². The third-order valence-electron chi connectivity index (χ3n) is 4.19. The summed E-state index contributed by atoms with van der Waals surface area (Å²) in [5.41, 5.74) is 1.35. The quantitative estimate of drug-likeness (QED) is 0.781. The van der Waals surface area contributed by atoms with E-state index in [-0.39, 0.29) is 5.97 Å². The van der Waals surface area contributed by atoms with E-state index in [1.165, 1.54) is 12.8 Å². The first-order chi connectivity index (χ1) is 10.0. The molecule has 0 unspecified atom stereocenters. The van der Waals surface area contributed by atoms with Crippen molar-refractivity contribution in [2.45, 2.75) is 65.8 Å². The van der Waals surface area contributed by atoms with Crippen molar-refractivity contribution in [2.75, 3.05) is 6.61 Å². The Morgan fingerprint density at radius 2 is 2.00 bits per heavy atom. The van der Waals surface area contributed by atoms with Crippen LogP contribution in [0.15, 0.2) is 0 Å². The molecule has 21 heavy (non-hydrogen) atoms. The molecule has 1 aliphatic carbocycles. The van der Waals surface area contributed by atoms with Crippen LogP contribution in [-0.2, 0) is 11.2 Å². The molecular formula is C16H27N3O2. The van der Waals surface area contributed by atoms with E-state index in [4.69, 9.17) is 4.74 Å². The van der Waals surface area contributed by atoms with Crippen LogP contribution in [-0.4, -0.2) is 27.6 Å². The molecular weight excluding hydrogens is 266 g/mol. The van der Waals surface area contributed by atoms with Gasteiger partial charge in [0.1, 0.15) is 0 Å². The summed E-state index contributed by atoms with van der Waals surface area (Å²) in [4.78, 5) is 12.1. The van der Waals surface area contributed by atoms with E-state index in [9.17, 15) is 4.79 Å². The molecule has 0 N–H and O–H groups in total. The van der Waals surface area contributed by atoms with E-state index in [0.29, 0.717) is 24.3 Å². The zero-order chi connectivity index (χ0) is 15.4. The van der Waals surface area contributed by atoms with Crippen LogP contribution in [0.25, 0.3) is 0 Å². The van der Waals surface area contributed by atoms with Crippen molar-refractivity contribution in [3.63, 3.8) is 0 Å². The second-order valence-corrected chi connectivity index (χ2v) is 6.56. The zero-order valence-electron chi connectivity index (χ0n) is 13.6. The first-order valence-electron chi connectivity index (χ1n) is 8.14. The molecule has 1 fully saturated rings. The van der Waals surface area contributed by atoms with Crippen molar-refractivity contribution >= 4 is 5.97 Å². The van der Waals surface area contributed by atoms with E-state index < -0.39 is 0 Å². The third kappa shape index (κ3) is 3.83. The maximum absolute atomic E-state index is 12.1. The summed E-state index contributed by atoms with van der Waals surface area (Å²) in [5, 5.41) is 8.41. The van der Waals surface area contributed by atoms with Crippen molar-refractivity contribution in [1.29, 1.82) is 0 Å². The number of esters is 1. The summed E-state index contributed by atoms with van der Waals surface area (Å²) in [6.07, 6.45) is 5.50. The third-order valence-corrected chi connectivity index (χ3v) is 4.19. The van der Waals surface area contributed by atoms with Gasteiger partial charge in [0.25, 0.3) is 0 Å². The van der Waals surface area contributed by atoms with Crippen molar-refractivity contribution in [3.05, 3.63) is 11.4 Å². The average molecular weight is 293 g/mol. The monoisotopic (exact) mass is 293 g/mol. The van der Waals surface area contributed by atoms with Crippen LogP contribution in [0.5, 0.6) is 0 Å². The number of hydrogen-bond acceptors (Lipinski definition) is 4. The Hall–Kier alpha value is -1.39.